The number of aromatic nitrogens is 5. The predicted octanol–water partition coefficient (Wildman–Crippen LogP) is 4.40. The van der Waals surface area contributed by atoms with Crippen LogP contribution in [0.4, 0.5) is 0 Å². The first-order valence-corrected chi connectivity index (χ1v) is 13.0. The van der Waals surface area contributed by atoms with Crippen LogP contribution in [0, 0.1) is 0 Å². The fraction of sp³-hybridized carbons (Fsp3) is 0.267. The molecule has 0 fully saturated rings. The second-order valence-electron chi connectivity index (χ2n) is 9.31. The number of rotatable bonds is 12. The van der Waals surface area contributed by atoms with E-state index in [1.165, 1.54) is 11.1 Å². The lowest BCUT2D eigenvalue weighted by atomic mass is 10.1. The summed E-state index contributed by atoms with van der Waals surface area (Å²) in [6, 6.07) is 28.4. The number of aryl methyl sites for hydroxylation is 2. The van der Waals surface area contributed by atoms with Gasteiger partial charge >= 0.3 is 0 Å². The Kier molecular flexibility index (Phi) is 8.20. The highest BCUT2D eigenvalue weighted by Gasteiger charge is 2.16. The zero-order valence-electron chi connectivity index (χ0n) is 21.6. The van der Waals surface area contributed by atoms with E-state index in [2.05, 4.69) is 49.7 Å². The summed E-state index contributed by atoms with van der Waals surface area (Å²) in [6.07, 6.45) is 1.70. The quantitative estimate of drug-likeness (QED) is 0.269. The normalized spacial score (nSPS) is 11.3. The summed E-state index contributed by atoms with van der Waals surface area (Å²) in [5, 5.41) is 13.5. The number of aromatic amines is 1. The molecule has 0 atom stereocenters. The first-order chi connectivity index (χ1) is 18.7. The molecule has 0 aliphatic heterocycles. The molecule has 2 aromatic heterocycles. The standard InChI is InChI=1S/C30H32N6O2/c1-2-38-27-13-14-28-25(20-27)19-26(30(37)31-28)21-35(17-15-23-9-5-3-6-10-23)22-29-32-33-34-36(29)18-16-24-11-7-4-8-12-24/h3-14,19-20H,2,15-18,21-22H2,1H3,(H,31,37). The van der Waals surface area contributed by atoms with E-state index in [4.69, 9.17) is 4.74 Å². The molecule has 0 saturated carbocycles. The number of hydrogen-bond acceptors (Lipinski definition) is 6. The lowest BCUT2D eigenvalue weighted by molar-refractivity contribution is 0.247. The Hall–Kier alpha value is -4.30. The van der Waals surface area contributed by atoms with Gasteiger partial charge in [0.15, 0.2) is 5.82 Å². The Morgan fingerprint density at radius 2 is 1.63 bits per heavy atom. The van der Waals surface area contributed by atoms with Gasteiger partial charge in [-0.2, -0.15) is 0 Å². The van der Waals surface area contributed by atoms with E-state index >= 15 is 0 Å². The largest absolute Gasteiger partial charge is 0.494 e. The van der Waals surface area contributed by atoms with E-state index in [9.17, 15) is 4.79 Å². The molecular weight excluding hydrogens is 476 g/mol. The molecule has 0 bridgehead atoms. The second-order valence-corrected chi connectivity index (χ2v) is 9.31. The lowest BCUT2D eigenvalue weighted by Crippen LogP contribution is -2.30. The molecule has 0 aliphatic rings. The van der Waals surface area contributed by atoms with Crippen molar-refractivity contribution in [2.45, 2.75) is 39.4 Å². The van der Waals surface area contributed by atoms with Crippen LogP contribution in [0.15, 0.2) is 89.7 Å². The van der Waals surface area contributed by atoms with E-state index in [1.807, 2.05) is 72.3 Å². The third-order valence-corrected chi connectivity index (χ3v) is 6.58. The van der Waals surface area contributed by atoms with Gasteiger partial charge in [0, 0.05) is 36.1 Å². The van der Waals surface area contributed by atoms with Crippen molar-refractivity contribution in [2.24, 2.45) is 0 Å². The van der Waals surface area contributed by atoms with Gasteiger partial charge < -0.3 is 9.72 Å². The van der Waals surface area contributed by atoms with Crippen LogP contribution in [0.25, 0.3) is 10.9 Å². The topological polar surface area (TPSA) is 88.9 Å². The van der Waals surface area contributed by atoms with E-state index < -0.39 is 0 Å². The molecule has 8 nitrogen and oxygen atoms in total. The third-order valence-electron chi connectivity index (χ3n) is 6.58. The first-order valence-electron chi connectivity index (χ1n) is 13.0. The summed E-state index contributed by atoms with van der Waals surface area (Å²) < 4.78 is 7.53. The van der Waals surface area contributed by atoms with Crippen molar-refractivity contribution < 1.29 is 4.74 Å². The van der Waals surface area contributed by atoms with Gasteiger partial charge in [0.25, 0.3) is 5.56 Å². The average Bonchev–Trinajstić information content (AvgIpc) is 3.39. The van der Waals surface area contributed by atoms with Crippen molar-refractivity contribution >= 4 is 10.9 Å². The van der Waals surface area contributed by atoms with Gasteiger partial charge in [-0.15, -0.1) is 5.10 Å². The molecule has 3 aromatic carbocycles. The lowest BCUT2D eigenvalue weighted by Gasteiger charge is -2.22. The van der Waals surface area contributed by atoms with Crippen molar-refractivity contribution in [3.63, 3.8) is 0 Å². The van der Waals surface area contributed by atoms with Gasteiger partial charge in [0.05, 0.1) is 13.2 Å². The highest BCUT2D eigenvalue weighted by Crippen LogP contribution is 2.20. The smallest absolute Gasteiger partial charge is 0.252 e. The summed E-state index contributed by atoms with van der Waals surface area (Å²) >= 11 is 0. The van der Waals surface area contributed by atoms with Gasteiger partial charge in [-0.25, -0.2) is 4.68 Å². The van der Waals surface area contributed by atoms with Gasteiger partial charge in [-0.3, -0.25) is 9.69 Å². The number of tetrazole rings is 1. The first kappa shape index (κ1) is 25.4. The Morgan fingerprint density at radius 3 is 2.37 bits per heavy atom. The van der Waals surface area contributed by atoms with E-state index in [0.717, 1.165) is 41.9 Å². The highest BCUT2D eigenvalue weighted by atomic mass is 16.5. The summed E-state index contributed by atoms with van der Waals surface area (Å²) in [6.45, 7) is 5.00. The monoisotopic (exact) mass is 508 g/mol. The molecule has 2 heterocycles. The number of nitrogens with one attached hydrogen (secondary N) is 1. The van der Waals surface area contributed by atoms with Crippen LogP contribution in [0.1, 0.15) is 29.4 Å². The fourth-order valence-electron chi connectivity index (χ4n) is 4.58. The SMILES string of the molecule is CCOc1ccc2[nH]c(=O)c(CN(CCc3ccccc3)Cc3nnnn3CCc3ccccc3)cc2c1. The molecule has 5 rings (SSSR count). The Bertz CT molecular complexity index is 1510. The van der Waals surface area contributed by atoms with Gasteiger partial charge in [0.1, 0.15) is 5.75 Å². The van der Waals surface area contributed by atoms with Crippen LogP contribution >= 0.6 is 0 Å². The molecule has 38 heavy (non-hydrogen) atoms. The number of fused-ring (bicyclic) bond motifs is 1. The Morgan fingerprint density at radius 1 is 0.895 bits per heavy atom. The molecule has 0 spiro atoms. The number of ether oxygens (including phenoxy) is 1. The molecule has 0 unspecified atom stereocenters. The van der Waals surface area contributed by atoms with Crippen LogP contribution in [0.3, 0.4) is 0 Å². The number of hydrogen-bond donors (Lipinski definition) is 1. The zero-order chi connectivity index (χ0) is 26.2. The van der Waals surface area contributed by atoms with Gasteiger partial charge in [0.2, 0.25) is 0 Å². The zero-order valence-corrected chi connectivity index (χ0v) is 21.6. The van der Waals surface area contributed by atoms with Crippen LogP contribution in [-0.4, -0.2) is 43.2 Å². The van der Waals surface area contributed by atoms with Crippen molar-refractivity contribution in [1.82, 2.24) is 30.1 Å². The van der Waals surface area contributed by atoms with Crippen LogP contribution < -0.4 is 10.3 Å². The highest BCUT2D eigenvalue weighted by molar-refractivity contribution is 5.80. The molecule has 0 aliphatic carbocycles. The minimum absolute atomic E-state index is 0.0879. The molecule has 194 valence electrons. The minimum Gasteiger partial charge on any atom is -0.494 e. The Balaban J connectivity index is 1.37. The minimum atomic E-state index is -0.0879. The molecule has 0 radical (unpaired) electrons. The van der Waals surface area contributed by atoms with Crippen molar-refractivity contribution in [3.8, 4) is 5.75 Å². The van der Waals surface area contributed by atoms with E-state index in [1.54, 1.807) is 0 Å². The van der Waals surface area contributed by atoms with E-state index in [0.29, 0.717) is 31.8 Å². The van der Waals surface area contributed by atoms with Crippen LogP contribution in [0.5, 0.6) is 5.75 Å². The van der Waals surface area contributed by atoms with Crippen molar-refractivity contribution in [1.29, 1.82) is 0 Å². The average molecular weight is 509 g/mol. The molecule has 1 N–H and O–H groups in total. The second kappa shape index (κ2) is 12.3. The predicted molar refractivity (Wildman–Crippen MR) is 148 cm³/mol. The fourth-order valence-corrected chi connectivity index (χ4v) is 4.58. The molecule has 8 heteroatoms. The van der Waals surface area contributed by atoms with Crippen molar-refractivity contribution in [3.05, 3.63) is 118 Å². The number of benzene rings is 3. The van der Waals surface area contributed by atoms with Crippen LogP contribution in [0.2, 0.25) is 0 Å². The summed E-state index contributed by atoms with van der Waals surface area (Å²) in [5.74, 6) is 1.57. The maximum atomic E-state index is 13.0. The Labute approximate surface area is 221 Å². The number of H-pyrrole nitrogens is 1. The summed E-state index contributed by atoms with van der Waals surface area (Å²) in [7, 11) is 0. The maximum Gasteiger partial charge on any atom is 0.252 e. The molecule has 0 saturated heterocycles. The molecular formula is C30H32N6O2. The van der Waals surface area contributed by atoms with E-state index in [-0.39, 0.29) is 5.56 Å². The molecule has 0 amide bonds. The van der Waals surface area contributed by atoms with Crippen LogP contribution in [-0.2, 0) is 32.5 Å². The number of pyridine rings is 1. The third kappa shape index (κ3) is 6.52. The molecule has 5 aromatic rings. The van der Waals surface area contributed by atoms with Gasteiger partial charge in [-0.1, -0.05) is 60.7 Å². The maximum absolute atomic E-state index is 13.0. The van der Waals surface area contributed by atoms with Crippen molar-refractivity contribution in [2.75, 3.05) is 13.2 Å². The van der Waals surface area contributed by atoms with Gasteiger partial charge in [-0.05, 0) is 65.6 Å². The summed E-state index contributed by atoms with van der Waals surface area (Å²) in [4.78, 5) is 18.3. The number of nitrogens with zero attached hydrogens (tertiary/aromatic N) is 5. The summed E-state index contributed by atoms with van der Waals surface area (Å²) in [5.41, 5.74) is 3.89.